The van der Waals surface area contributed by atoms with Crippen LogP contribution in [-0.4, -0.2) is 30.6 Å². The number of fused-ring (bicyclic) bond motifs is 1. The predicted octanol–water partition coefficient (Wildman–Crippen LogP) is 4.26. The zero-order chi connectivity index (χ0) is 23.6. The quantitative estimate of drug-likeness (QED) is 0.567. The van der Waals surface area contributed by atoms with Gasteiger partial charge in [-0.2, -0.15) is 0 Å². The Balaban J connectivity index is 1.98. The van der Waals surface area contributed by atoms with E-state index in [-0.39, 0.29) is 23.6 Å². The Bertz CT molecular complexity index is 1120. The highest BCUT2D eigenvalue weighted by atomic mass is 19.1. The minimum atomic E-state index is -0.613. The summed E-state index contributed by atoms with van der Waals surface area (Å²) in [5, 5.41) is 2.68. The molecule has 32 heavy (non-hydrogen) atoms. The fourth-order valence-corrected chi connectivity index (χ4v) is 3.44. The second-order valence-electron chi connectivity index (χ2n) is 8.29. The molecule has 0 saturated heterocycles. The van der Waals surface area contributed by atoms with Crippen molar-refractivity contribution in [3.8, 4) is 0 Å². The SMILES string of the molecule is COC(=C1C(=O)N(C(C)=O)c2cc(F)ccc21)c1cccc(CNC(=O)OC(C)(C)C)c1. The molecule has 3 rings (SSSR count). The van der Waals surface area contributed by atoms with Gasteiger partial charge in [0.25, 0.3) is 5.91 Å². The second-order valence-corrected chi connectivity index (χ2v) is 8.29. The Labute approximate surface area is 185 Å². The van der Waals surface area contributed by atoms with Gasteiger partial charge in [0.1, 0.15) is 17.2 Å². The maximum Gasteiger partial charge on any atom is 0.407 e. The lowest BCUT2D eigenvalue weighted by Crippen LogP contribution is -2.32. The van der Waals surface area contributed by atoms with E-state index >= 15 is 0 Å². The van der Waals surface area contributed by atoms with Crippen molar-refractivity contribution in [2.75, 3.05) is 12.0 Å². The van der Waals surface area contributed by atoms with Gasteiger partial charge in [-0.1, -0.05) is 18.2 Å². The minimum Gasteiger partial charge on any atom is -0.495 e. The van der Waals surface area contributed by atoms with Gasteiger partial charge in [-0.25, -0.2) is 14.1 Å². The summed E-state index contributed by atoms with van der Waals surface area (Å²) in [7, 11) is 1.42. The Kier molecular flexibility index (Phi) is 6.34. The van der Waals surface area contributed by atoms with Gasteiger partial charge in [0, 0.05) is 24.6 Å². The molecule has 0 aromatic heterocycles. The van der Waals surface area contributed by atoms with E-state index in [9.17, 15) is 18.8 Å². The minimum absolute atomic E-state index is 0.162. The van der Waals surface area contributed by atoms with Gasteiger partial charge in [-0.3, -0.25) is 9.59 Å². The van der Waals surface area contributed by atoms with E-state index in [0.717, 1.165) is 16.5 Å². The number of halogens is 1. The second kappa shape index (κ2) is 8.82. The maximum atomic E-state index is 13.8. The highest BCUT2D eigenvalue weighted by molar-refractivity contribution is 6.42. The number of carbonyl (C=O) groups excluding carboxylic acids is 3. The summed E-state index contributed by atoms with van der Waals surface area (Å²) in [4.78, 5) is 38.1. The van der Waals surface area contributed by atoms with Gasteiger partial charge in [-0.15, -0.1) is 0 Å². The first-order valence-corrected chi connectivity index (χ1v) is 10.0. The fourth-order valence-electron chi connectivity index (χ4n) is 3.44. The lowest BCUT2D eigenvalue weighted by molar-refractivity contribution is -0.122. The summed E-state index contributed by atoms with van der Waals surface area (Å²) in [6.07, 6.45) is -0.549. The van der Waals surface area contributed by atoms with Gasteiger partial charge < -0.3 is 14.8 Å². The summed E-state index contributed by atoms with van der Waals surface area (Å²) >= 11 is 0. The van der Waals surface area contributed by atoms with E-state index in [1.807, 2.05) is 0 Å². The molecule has 0 bridgehead atoms. The normalized spacial score (nSPS) is 14.7. The van der Waals surface area contributed by atoms with Crippen molar-refractivity contribution in [3.05, 3.63) is 65.0 Å². The van der Waals surface area contributed by atoms with Gasteiger partial charge in [0.2, 0.25) is 5.91 Å². The third-order valence-corrected chi connectivity index (χ3v) is 4.66. The van der Waals surface area contributed by atoms with Crippen LogP contribution in [0.25, 0.3) is 11.3 Å². The van der Waals surface area contributed by atoms with E-state index in [2.05, 4.69) is 5.32 Å². The number of nitrogens with zero attached hydrogens (tertiary/aromatic N) is 1. The fraction of sp³-hybridized carbons (Fsp3) is 0.292. The molecule has 168 valence electrons. The molecule has 2 aromatic carbocycles. The van der Waals surface area contributed by atoms with Crippen LogP contribution < -0.4 is 10.2 Å². The third-order valence-electron chi connectivity index (χ3n) is 4.66. The van der Waals surface area contributed by atoms with Crippen LogP contribution in [0.5, 0.6) is 0 Å². The van der Waals surface area contributed by atoms with Crippen LogP contribution in [0, 0.1) is 5.82 Å². The zero-order valence-corrected chi connectivity index (χ0v) is 18.6. The molecule has 0 saturated carbocycles. The van der Waals surface area contributed by atoms with Crippen LogP contribution in [0.2, 0.25) is 0 Å². The molecule has 2 aromatic rings. The summed E-state index contributed by atoms with van der Waals surface area (Å²) < 4.78 is 24.6. The molecule has 0 unspecified atom stereocenters. The maximum absolute atomic E-state index is 13.8. The molecule has 1 N–H and O–H groups in total. The number of anilines is 1. The van der Waals surface area contributed by atoms with Crippen LogP contribution in [-0.2, 0) is 25.6 Å². The number of imide groups is 1. The van der Waals surface area contributed by atoms with Crippen LogP contribution in [0.3, 0.4) is 0 Å². The lowest BCUT2D eigenvalue weighted by Gasteiger charge is -2.19. The topological polar surface area (TPSA) is 84.9 Å². The van der Waals surface area contributed by atoms with Crippen molar-refractivity contribution in [2.24, 2.45) is 0 Å². The molecule has 0 aliphatic carbocycles. The summed E-state index contributed by atoms with van der Waals surface area (Å²) in [5.41, 5.74) is 1.44. The first-order valence-electron chi connectivity index (χ1n) is 10.0. The van der Waals surface area contributed by atoms with Crippen molar-refractivity contribution < 1.29 is 28.2 Å². The van der Waals surface area contributed by atoms with Crippen LogP contribution in [0.15, 0.2) is 42.5 Å². The number of benzene rings is 2. The van der Waals surface area contributed by atoms with Crippen molar-refractivity contribution in [1.29, 1.82) is 0 Å². The molecular formula is C24H25FN2O5. The number of alkyl carbamates (subject to hydrolysis) is 1. The number of rotatable bonds is 4. The molecule has 0 spiro atoms. The van der Waals surface area contributed by atoms with Gasteiger partial charge >= 0.3 is 6.09 Å². The van der Waals surface area contributed by atoms with Gasteiger partial charge in [-0.05, 0) is 50.6 Å². The molecule has 7 nitrogen and oxygen atoms in total. The van der Waals surface area contributed by atoms with E-state index in [4.69, 9.17) is 9.47 Å². The first-order chi connectivity index (χ1) is 15.0. The molecule has 0 fully saturated rings. The third kappa shape index (κ3) is 4.80. The number of hydrogen-bond donors (Lipinski definition) is 1. The average molecular weight is 440 g/mol. The number of amides is 3. The predicted molar refractivity (Wildman–Crippen MR) is 118 cm³/mol. The Hall–Kier alpha value is -3.68. The smallest absolute Gasteiger partial charge is 0.407 e. The molecule has 3 amide bonds. The molecule has 0 atom stereocenters. The van der Waals surface area contributed by atoms with Crippen molar-refractivity contribution in [2.45, 2.75) is 39.8 Å². The molecular weight excluding hydrogens is 415 g/mol. The molecule has 0 radical (unpaired) electrons. The standard InChI is InChI=1S/C24H25FN2O5/c1-14(28)27-19-12-17(25)9-10-18(19)20(22(27)29)21(31-5)16-8-6-7-15(11-16)13-26-23(30)32-24(2,3)4/h6-12H,13H2,1-5H3,(H,26,30). The zero-order valence-electron chi connectivity index (χ0n) is 18.6. The van der Waals surface area contributed by atoms with Gasteiger partial charge in [0.15, 0.2) is 0 Å². The number of hydrogen-bond acceptors (Lipinski definition) is 5. The summed E-state index contributed by atoms with van der Waals surface area (Å²) in [6.45, 7) is 6.76. The van der Waals surface area contributed by atoms with Gasteiger partial charge in [0.05, 0.1) is 18.4 Å². The number of carbonyl (C=O) groups is 3. The van der Waals surface area contributed by atoms with Crippen LogP contribution in [0.4, 0.5) is 14.9 Å². The highest BCUT2D eigenvalue weighted by Gasteiger charge is 2.38. The van der Waals surface area contributed by atoms with Crippen molar-refractivity contribution >= 4 is 34.9 Å². The van der Waals surface area contributed by atoms with E-state index in [1.165, 1.54) is 26.2 Å². The van der Waals surface area contributed by atoms with E-state index in [0.29, 0.717) is 11.1 Å². The van der Waals surface area contributed by atoms with E-state index in [1.54, 1.807) is 45.0 Å². The number of nitrogens with one attached hydrogen (secondary N) is 1. The summed E-state index contributed by atoms with van der Waals surface area (Å²) in [5.74, 6) is -1.43. The molecule has 1 aliphatic rings. The largest absolute Gasteiger partial charge is 0.495 e. The summed E-state index contributed by atoms with van der Waals surface area (Å²) in [6, 6.07) is 10.9. The van der Waals surface area contributed by atoms with Crippen LogP contribution >= 0.6 is 0 Å². The van der Waals surface area contributed by atoms with Crippen molar-refractivity contribution in [1.82, 2.24) is 5.32 Å². The van der Waals surface area contributed by atoms with Crippen LogP contribution in [0.1, 0.15) is 44.4 Å². The lowest BCUT2D eigenvalue weighted by atomic mass is 10.0. The first kappa shape index (κ1) is 23.0. The number of methoxy groups -OCH3 is 1. The Morgan fingerprint density at radius 3 is 2.47 bits per heavy atom. The highest BCUT2D eigenvalue weighted by Crippen LogP contribution is 2.41. The Morgan fingerprint density at radius 1 is 1.12 bits per heavy atom. The molecule has 1 heterocycles. The van der Waals surface area contributed by atoms with Crippen molar-refractivity contribution in [3.63, 3.8) is 0 Å². The Morgan fingerprint density at radius 2 is 1.84 bits per heavy atom. The van der Waals surface area contributed by atoms with E-state index < -0.39 is 29.3 Å². The monoisotopic (exact) mass is 440 g/mol. The number of ether oxygens (including phenoxy) is 2. The molecule has 8 heteroatoms. The average Bonchev–Trinajstić information content (AvgIpc) is 2.97. The molecule has 1 aliphatic heterocycles.